The van der Waals surface area contributed by atoms with Gasteiger partial charge in [0, 0.05) is 12.6 Å². The lowest BCUT2D eigenvalue weighted by molar-refractivity contribution is 0.161. The van der Waals surface area contributed by atoms with E-state index in [2.05, 4.69) is 36.1 Å². The molecule has 0 bridgehead atoms. The summed E-state index contributed by atoms with van der Waals surface area (Å²) in [5, 5.41) is 0.127. The number of benzene rings is 1. The Kier molecular flexibility index (Phi) is 4.25. The minimum atomic E-state index is 0.127. The Morgan fingerprint density at radius 2 is 2.06 bits per heavy atom. The molecule has 1 heterocycles. The van der Waals surface area contributed by atoms with Crippen molar-refractivity contribution >= 4 is 11.6 Å². The first-order chi connectivity index (χ1) is 7.77. The molecule has 2 heteroatoms. The van der Waals surface area contributed by atoms with Gasteiger partial charge in [-0.3, -0.25) is 4.90 Å². The van der Waals surface area contributed by atoms with Gasteiger partial charge in [-0.1, -0.05) is 36.8 Å². The summed E-state index contributed by atoms with van der Waals surface area (Å²) in [5.41, 5.74) is 1.24. The minimum absolute atomic E-state index is 0.127. The van der Waals surface area contributed by atoms with Crippen LogP contribution >= 0.6 is 11.6 Å². The third kappa shape index (κ3) is 2.99. The molecule has 0 radical (unpaired) electrons. The zero-order chi connectivity index (χ0) is 11.4. The fraction of sp³-hybridized carbons (Fsp3) is 0.571. The van der Waals surface area contributed by atoms with Crippen LogP contribution in [0.15, 0.2) is 30.3 Å². The molecule has 0 aromatic heterocycles. The molecule has 0 aliphatic carbocycles. The smallest absolute Gasteiger partial charge is 0.0712 e. The molecule has 2 unspecified atom stereocenters. The number of hydrogen-bond acceptors (Lipinski definition) is 1. The zero-order valence-corrected chi connectivity index (χ0v) is 10.7. The molecular formula is C14H20ClN. The van der Waals surface area contributed by atoms with E-state index in [1.165, 1.54) is 31.4 Å². The van der Waals surface area contributed by atoms with Crippen LogP contribution in [0.2, 0.25) is 0 Å². The standard InChI is InChI=1S/C14H20ClN/c1-12-7-5-6-10-16(12)11-14(15)13-8-3-2-4-9-13/h2-4,8-9,12,14H,5-7,10-11H2,1H3. The van der Waals surface area contributed by atoms with E-state index >= 15 is 0 Å². The number of alkyl halides is 1. The summed E-state index contributed by atoms with van der Waals surface area (Å²) in [4.78, 5) is 2.52. The van der Waals surface area contributed by atoms with Crippen LogP contribution in [0.4, 0.5) is 0 Å². The maximum absolute atomic E-state index is 6.46. The van der Waals surface area contributed by atoms with Crippen molar-refractivity contribution in [3.63, 3.8) is 0 Å². The Bertz CT molecular complexity index is 312. The predicted molar refractivity (Wildman–Crippen MR) is 69.9 cm³/mol. The number of piperidine rings is 1. The van der Waals surface area contributed by atoms with Crippen LogP contribution in [0.3, 0.4) is 0 Å². The van der Waals surface area contributed by atoms with E-state index in [0.717, 1.165) is 6.54 Å². The van der Waals surface area contributed by atoms with Gasteiger partial charge in [0.15, 0.2) is 0 Å². The number of likely N-dealkylation sites (tertiary alicyclic amines) is 1. The third-order valence-corrected chi connectivity index (χ3v) is 3.89. The van der Waals surface area contributed by atoms with Gasteiger partial charge in [0.1, 0.15) is 0 Å². The van der Waals surface area contributed by atoms with E-state index < -0.39 is 0 Å². The zero-order valence-electron chi connectivity index (χ0n) is 9.90. The molecule has 0 amide bonds. The topological polar surface area (TPSA) is 3.24 Å². The molecule has 0 spiro atoms. The van der Waals surface area contributed by atoms with Crippen molar-refractivity contribution in [3.05, 3.63) is 35.9 Å². The van der Waals surface area contributed by atoms with Crippen LogP contribution in [-0.4, -0.2) is 24.0 Å². The molecule has 2 atom stereocenters. The maximum atomic E-state index is 6.46. The molecule has 1 aliphatic rings. The van der Waals surface area contributed by atoms with Gasteiger partial charge in [-0.15, -0.1) is 11.6 Å². The number of halogens is 1. The number of nitrogens with zero attached hydrogens (tertiary/aromatic N) is 1. The maximum Gasteiger partial charge on any atom is 0.0712 e. The average Bonchev–Trinajstić information content (AvgIpc) is 2.33. The SMILES string of the molecule is CC1CCCCN1CC(Cl)c1ccccc1. The van der Waals surface area contributed by atoms with Crippen molar-refractivity contribution in [2.45, 2.75) is 37.6 Å². The summed E-state index contributed by atoms with van der Waals surface area (Å²) in [5.74, 6) is 0. The molecule has 88 valence electrons. The van der Waals surface area contributed by atoms with Crippen LogP contribution in [-0.2, 0) is 0 Å². The van der Waals surface area contributed by atoms with Crippen molar-refractivity contribution in [2.75, 3.05) is 13.1 Å². The second-order valence-corrected chi connectivity index (χ2v) is 5.24. The molecular weight excluding hydrogens is 218 g/mol. The number of hydrogen-bond donors (Lipinski definition) is 0. The summed E-state index contributed by atoms with van der Waals surface area (Å²) >= 11 is 6.46. The molecule has 1 fully saturated rings. The fourth-order valence-corrected chi connectivity index (χ4v) is 2.72. The van der Waals surface area contributed by atoms with Gasteiger partial charge in [0.05, 0.1) is 5.38 Å². The van der Waals surface area contributed by atoms with E-state index in [9.17, 15) is 0 Å². The lowest BCUT2D eigenvalue weighted by Crippen LogP contribution is -2.39. The van der Waals surface area contributed by atoms with E-state index in [0.29, 0.717) is 6.04 Å². The van der Waals surface area contributed by atoms with Gasteiger partial charge in [0.25, 0.3) is 0 Å². The summed E-state index contributed by atoms with van der Waals surface area (Å²) < 4.78 is 0. The second-order valence-electron chi connectivity index (χ2n) is 4.72. The van der Waals surface area contributed by atoms with Crippen molar-refractivity contribution in [2.24, 2.45) is 0 Å². The van der Waals surface area contributed by atoms with Crippen LogP contribution in [0.1, 0.15) is 37.1 Å². The molecule has 16 heavy (non-hydrogen) atoms. The Morgan fingerprint density at radius 3 is 2.75 bits per heavy atom. The van der Waals surface area contributed by atoms with Gasteiger partial charge in [-0.2, -0.15) is 0 Å². The van der Waals surface area contributed by atoms with Crippen LogP contribution in [0.25, 0.3) is 0 Å². The number of rotatable bonds is 3. The highest BCUT2D eigenvalue weighted by atomic mass is 35.5. The molecule has 1 saturated heterocycles. The predicted octanol–water partition coefficient (Wildman–Crippen LogP) is 3.84. The van der Waals surface area contributed by atoms with Crippen molar-refractivity contribution in [3.8, 4) is 0 Å². The third-order valence-electron chi connectivity index (χ3n) is 3.50. The Balaban J connectivity index is 1.94. The molecule has 1 aromatic carbocycles. The molecule has 1 aliphatic heterocycles. The van der Waals surface area contributed by atoms with Crippen molar-refractivity contribution in [1.82, 2.24) is 4.90 Å². The first kappa shape index (κ1) is 11.9. The summed E-state index contributed by atoms with van der Waals surface area (Å²) in [7, 11) is 0. The van der Waals surface area contributed by atoms with Gasteiger partial charge < -0.3 is 0 Å². The minimum Gasteiger partial charge on any atom is -0.299 e. The lowest BCUT2D eigenvalue weighted by Gasteiger charge is -2.34. The first-order valence-corrected chi connectivity index (χ1v) is 6.64. The van der Waals surface area contributed by atoms with Gasteiger partial charge in [-0.05, 0) is 31.9 Å². The average molecular weight is 238 g/mol. The normalized spacial score (nSPS) is 24.2. The quantitative estimate of drug-likeness (QED) is 0.722. The molecule has 2 rings (SSSR count). The Labute approximate surface area is 103 Å². The molecule has 0 N–H and O–H groups in total. The molecule has 1 aromatic rings. The van der Waals surface area contributed by atoms with Crippen LogP contribution < -0.4 is 0 Å². The fourth-order valence-electron chi connectivity index (χ4n) is 2.40. The Hall–Kier alpha value is -0.530. The largest absolute Gasteiger partial charge is 0.299 e. The highest BCUT2D eigenvalue weighted by Crippen LogP contribution is 2.25. The van der Waals surface area contributed by atoms with Crippen molar-refractivity contribution in [1.29, 1.82) is 0 Å². The van der Waals surface area contributed by atoms with E-state index in [4.69, 9.17) is 11.6 Å². The van der Waals surface area contributed by atoms with E-state index in [1.807, 2.05) is 6.07 Å². The summed E-state index contributed by atoms with van der Waals surface area (Å²) in [6.07, 6.45) is 4.01. The lowest BCUT2D eigenvalue weighted by atomic mass is 10.0. The highest BCUT2D eigenvalue weighted by Gasteiger charge is 2.21. The monoisotopic (exact) mass is 237 g/mol. The summed E-state index contributed by atoms with van der Waals surface area (Å²) in [6.45, 7) is 4.50. The second kappa shape index (κ2) is 5.70. The van der Waals surface area contributed by atoms with Crippen LogP contribution in [0.5, 0.6) is 0 Å². The van der Waals surface area contributed by atoms with E-state index in [1.54, 1.807) is 0 Å². The molecule has 0 saturated carbocycles. The van der Waals surface area contributed by atoms with E-state index in [-0.39, 0.29) is 5.38 Å². The van der Waals surface area contributed by atoms with Crippen molar-refractivity contribution < 1.29 is 0 Å². The molecule has 1 nitrogen and oxygen atoms in total. The highest BCUT2D eigenvalue weighted by molar-refractivity contribution is 6.21. The van der Waals surface area contributed by atoms with Gasteiger partial charge in [0.2, 0.25) is 0 Å². The van der Waals surface area contributed by atoms with Gasteiger partial charge >= 0.3 is 0 Å². The Morgan fingerprint density at radius 1 is 1.31 bits per heavy atom. The summed E-state index contributed by atoms with van der Waals surface area (Å²) in [6, 6.07) is 11.1. The first-order valence-electron chi connectivity index (χ1n) is 6.20. The van der Waals surface area contributed by atoms with Gasteiger partial charge in [-0.25, -0.2) is 0 Å². The van der Waals surface area contributed by atoms with Crippen LogP contribution in [0, 0.1) is 0 Å².